The van der Waals surface area contributed by atoms with E-state index in [1.807, 2.05) is 0 Å². The lowest BCUT2D eigenvalue weighted by molar-refractivity contribution is -0.0139. The summed E-state index contributed by atoms with van der Waals surface area (Å²) in [6, 6.07) is 21.6. The fourth-order valence-electron chi connectivity index (χ4n) is 5.78. The number of aliphatic hydroxyl groups is 1. The molecule has 0 aliphatic heterocycles. The van der Waals surface area contributed by atoms with Crippen LogP contribution in [0.1, 0.15) is 50.7 Å². The van der Waals surface area contributed by atoms with Crippen LogP contribution in [0, 0.1) is 22.7 Å². The van der Waals surface area contributed by atoms with Gasteiger partial charge >= 0.3 is 0 Å². The maximum absolute atomic E-state index is 11.4. The lowest BCUT2D eigenvalue weighted by Crippen LogP contribution is -2.39. The van der Waals surface area contributed by atoms with Crippen molar-refractivity contribution in [2.45, 2.75) is 45.6 Å². The second-order valence-corrected chi connectivity index (χ2v) is 8.61. The molecule has 2 saturated carbocycles. The van der Waals surface area contributed by atoms with Crippen LogP contribution in [-0.4, -0.2) is 11.2 Å². The summed E-state index contributed by atoms with van der Waals surface area (Å²) in [7, 11) is 0. The zero-order chi connectivity index (χ0) is 16.9. The topological polar surface area (TPSA) is 20.2 Å². The first-order valence-corrected chi connectivity index (χ1v) is 9.25. The van der Waals surface area contributed by atoms with Crippen molar-refractivity contribution in [3.8, 4) is 0 Å². The van der Waals surface area contributed by atoms with E-state index < -0.39 is 0 Å². The molecule has 2 aliphatic carbocycles. The summed E-state index contributed by atoms with van der Waals surface area (Å²) in [4.78, 5) is 0. The molecule has 2 fully saturated rings. The van der Waals surface area contributed by atoms with Crippen LogP contribution in [0.4, 0.5) is 0 Å². The van der Waals surface area contributed by atoms with Crippen LogP contribution < -0.4 is 0 Å². The summed E-state index contributed by atoms with van der Waals surface area (Å²) in [5.41, 5.74) is 2.89. The molecule has 4 atom stereocenters. The predicted octanol–water partition coefficient (Wildman–Crippen LogP) is 5.25. The third-order valence-corrected chi connectivity index (χ3v) is 7.56. The Morgan fingerprint density at radius 3 is 1.79 bits per heavy atom. The van der Waals surface area contributed by atoms with Crippen molar-refractivity contribution in [2.75, 3.05) is 0 Å². The molecule has 2 aromatic rings. The SMILES string of the molecule is CC1(C)C2CCC1(C)C(O)C2C(c1ccccc1)c1ccccc1. The zero-order valence-electron chi connectivity index (χ0n) is 14.9. The van der Waals surface area contributed by atoms with Gasteiger partial charge in [0.15, 0.2) is 0 Å². The fraction of sp³-hybridized carbons (Fsp3) is 0.478. The van der Waals surface area contributed by atoms with Gasteiger partial charge in [-0.05, 0) is 46.6 Å². The molecule has 24 heavy (non-hydrogen) atoms. The maximum atomic E-state index is 11.4. The van der Waals surface area contributed by atoms with Crippen molar-refractivity contribution in [2.24, 2.45) is 22.7 Å². The Morgan fingerprint density at radius 2 is 1.38 bits per heavy atom. The first-order chi connectivity index (χ1) is 11.5. The summed E-state index contributed by atoms with van der Waals surface area (Å²) >= 11 is 0. The predicted molar refractivity (Wildman–Crippen MR) is 98.8 cm³/mol. The van der Waals surface area contributed by atoms with E-state index in [0.29, 0.717) is 11.8 Å². The van der Waals surface area contributed by atoms with Crippen molar-refractivity contribution in [1.29, 1.82) is 0 Å². The van der Waals surface area contributed by atoms with Gasteiger partial charge in [0.05, 0.1) is 6.10 Å². The number of aliphatic hydroxyl groups excluding tert-OH is 1. The molecule has 2 aliphatic rings. The van der Waals surface area contributed by atoms with E-state index in [1.54, 1.807) is 0 Å². The summed E-state index contributed by atoms with van der Waals surface area (Å²) in [6.07, 6.45) is 2.15. The Hall–Kier alpha value is -1.60. The Balaban J connectivity index is 1.84. The van der Waals surface area contributed by atoms with Crippen LogP contribution in [0.25, 0.3) is 0 Å². The second kappa shape index (κ2) is 5.46. The van der Waals surface area contributed by atoms with Crippen LogP contribution >= 0.6 is 0 Å². The van der Waals surface area contributed by atoms with Crippen LogP contribution in [-0.2, 0) is 0 Å². The van der Waals surface area contributed by atoms with E-state index >= 15 is 0 Å². The highest BCUT2D eigenvalue weighted by Crippen LogP contribution is 2.70. The first kappa shape index (κ1) is 15.9. The molecule has 0 heterocycles. The average molecular weight is 320 g/mol. The Kier molecular flexibility index (Phi) is 3.61. The van der Waals surface area contributed by atoms with Crippen LogP contribution in [0.15, 0.2) is 60.7 Å². The first-order valence-electron chi connectivity index (χ1n) is 9.25. The van der Waals surface area contributed by atoms with Crippen molar-refractivity contribution < 1.29 is 5.11 Å². The molecule has 2 bridgehead atoms. The standard InChI is InChI=1S/C23H28O/c1-22(2)18-14-15-23(22,3)21(24)20(18)19(16-10-6-4-7-11-16)17-12-8-5-9-13-17/h4-13,18-21,24H,14-15H2,1-3H3. The summed E-state index contributed by atoms with van der Waals surface area (Å²) in [5.74, 6) is 1.14. The minimum atomic E-state index is -0.239. The van der Waals surface area contributed by atoms with Gasteiger partial charge in [-0.1, -0.05) is 81.4 Å². The van der Waals surface area contributed by atoms with Gasteiger partial charge in [0, 0.05) is 5.92 Å². The van der Waals surface area contributed by atoms with Crippen LogP contribution in [0.2, 0.25) is 0 Å². The highest BCUT2D eigenvalue weighted by atomic mass is 16.3. The Labute approximate surface area is 145 Å². The zero-order valence-corrected chi connectivity index (χ0v) is 14.9. The van der Waals surface area contributed by atoms with E-state index in [1.165, 1.54) is 17.5 Å². The van der Waals surface area contributed by atoms with Gasteiger partial charge in [0.1, 0.15) is 0 Å². The maximum Gasteiger partial charge on any atom is 0.0639 e. The lowest BCUT2D eigenvalue weighted by Gasteiger charge is -2.39. The number of hydrogen-bond acceptors (Lipinski definition) is 1. The average Bonchev–Trinajstić information content (AvgIpc) is 2.91. The second-order valence-electron chi connectivity index (χ2n) is 8.61. The molecule has 0 spiro atoms. The summed E-state index contributed by atoms with van der Waals surface area (Å²) in [5, 5.41) is 11.4. The molecular weight excluding hydrogens is 292 g/mol. The van der Waals surface area contributed by atoms with Gasteiger partial charge in [-0.3, -0.25) is 0 Å². The number of benzene rings is 2. The van der Waals surface area contributed by atoms with E-state index in [0.717, 1.165) is 6.42 Å². The van der Waals surface area contributed by atoms with Gasteiger partial charge in [-0.2, -0.15) is 0 Å². The molecule has 0 aromatic heterocycles. The quantitative estimate of drug-likeness (QED) is 0.818. The van der Waals surface area contributed by atoms with Gasteiger partial charge in [-0.15, -0.1) is 0 Å². The molecule has 1 heteroatoms. The van der Waals surface area contributed by atoms with Gasteiger partial charge in [-0.25, -0.2) is 0 Å². The fourth-order valence-corrected chi connectivity index (χ4v) is 5.78. The van der Waals surface area contributed by atoms with E-state index in [2.05, 4.69) is 81.4 Å². The molecule has 0 amide bonds. The molecular formula is C23H28O. The minimum Gasteiger partial charge on any atom is -0.392 e. The summed E-state index contributed by atoms with van der Waals surface area (Å²) in [6.45, 7) is 7.06. The van der Waals surface area contributed by atoms with Gasteiger partial charge in [0.2, 0.25) is 0 Å². The number of fused-ring (bicyclic) bond motifs is 2. The van der Waals surface area contributed by atoms with Crippen molar-refractivity contribution in [3.05, 3.63) is 71.8 Å². The van der Waals surface area contributed by atoms with Crippen LogP contribution in [0.3, 0.4) is 0 Å². The largest absolute Gasteiger partial charge is 0.392 e. The van der Waals surface area contributed by atoms with E-state index in [9.17, 15) is 5.11 Å². The molecule has 1 nitrogen and oxygen atoms in total. The molecule has 0 saturated heterocycles. The molecule has 0 radical (unpaired) electrons. The molecule has 2 aromatic carbocycles. The number of rotatable bonds is 3. The van der Waals surface area contributed by atoms with Crippen molar-refractivity contribution in [3.63, 3.8) is 0 Å². The summed E-state index contributed by atoms with van der Waals surface area (Å²) < 4.78 is 0. The van der Waals surface area contributed by atoms with E-state index in [-0.39, 0.29) is 22.9 Å². The van der Waals surface area contributed by atoms with Crippen molar-refractivity contribution >= 4 is 0 Å². The van der Waals surface area contributed by atoms with Gasteiger partial charge < -0.3 is 5.11 Å². The highest BCUT2D eigenvalue weighted by molar-refractivity contribution is 5.36. The lowest BCUT2D eigenvalue weighted by atomic mass is 9.69. The minimum absolute atomic E-state index is 0.0319. The Bertz CT molecular complexity index is 666. The van der Waals surface area contributed by atoms with Crippen LogP contribution in [0.5, 0.6) is 0 Å². The van der Waals surface area contributed by atoms with Crippen molar-refractivity contribution in [1.82, 2.24) is 0 Å². The van der Waals surface area contributed by atoms with E-state index in [4.69, 9.17) is 0 Å². The third-order valence-electron chi connectivity index (χ3n) is 7.56. The molecule has 4 unspecified atom stereocenters. The smallest absolute Gasteiger partial charge is 0.0639 e. The molecule has 126 valence electrons. The molecule has 4 rings (SSSR count). The number of hydrogen-bond donors (Lipinski definition) is 1. The Morgan fingerprint density at radius 1 is 0.875 bits per heavy atom. The van der Waals surface area contributed by atoms with Gasteiger partial charge in [0.25, 0.3) is 0 Å². The highest BCUT2D eigenvalue weighted by Gasteiger charge is 2.67. The molecule has 1 N–H and O–H groups in total. The monoisotopic (exact) mass is 320 g/mol. The normalized spacial score (nSPS) is 34.0. The third kappa shape index (κ3) is 2.04.